The van der Waals surface area contributed by atoms with Crippen LogP contribution in [-0.4, -0.2) is 14.5 Å². The molecule has 0 fully saturated rings. The van der Waals surface area contributed by atoms with Crippen LogP contribution in [0.15, 0.2) is 168 Å². The zero-order valence-electron chi connectivity index (χ0n) is 26.8. The molecule has 232 valence electrons. The van der Waals surface area contributed by atoms with Crippen LogP contribution < -0.4 is 0 Å². The number of benzene rings is 8. The second kappa shape index (κ2) is 10.4. The fourth-order valence-corrected chi connectivity index (χ4v) is 7.90. The Morgan fingerprint density at radius 3 is 1.84 bits per heavy atom. The maximum atomic E-state index is 6.95. The molecule has 0 saturated heterocycles. The summed E-state index contributed by atoms with van der Waals surface area (Å²) in [5.74, 6) is 0.692. The van der Waals surface area contributed by atoms with Gasteiger partial charge in [0, 0.05) is 43.4 Å². The molecule has 0 spiro atoms. The third-order valence-corrected chi connectivity index (χ3v) is 10.2. The Kier molecular flexibility index (Phi) is 5.63. The zero-order chi connectivity index (χ0) is 32.8. The molecule has 50 heavy (non-hydrogen) atoms. The minimum atomic E-state index is 0.692. The summed E-state index contributed by atoms with van der Waals surface area (Å²) in [4.78, 5) is 10.5. The normalized spacial score (nSPS) is 12.0. The molecule has 8 aromatic carbocycles. The maximum absolute atomic E-state index is 6.95. The highest BCUT2D eigenvalue weighted by Gasteiger charge is 2.21. The quantitative estimate of drug-likeness (QED) is 0.194. The molecule has 0 saturated carbocycles. The van der Waals surface area contributed by atoms with E-state index in [0.717, 1.165) is 77.2 Å². The lowest BCUT2D eigenvalue weighted by Crippen LogP contribution is -1.96. The van der Waals surface area contributed by atoms with Gasteiger partial charge in [0.2, 0.25) is 0 Å². The summed E-state index contributed by atoms with van der Waals surface area (Å²) in [7, 11) is 0. The lowest BCUT2D eigenvalue weighted by Gasteiger charge is -2.12. The van der Waals surface area contributed by atoms with E-state index in [9.17, 15) is 0 Å². The Hall–Kier alpha value is -6.78. The highest BCUT2D eigenvalue weighted by Crippen LogP contribution is 2.43. The minimum absolute atomic E-state index is 0.692. The Labute approximate surface area is 286 Å². The number of para-hydroxylation sites is 4. The van der Waals surface area contributed by atoms with Gasteiger partial charge in [0.15, 0.2) is 11.4 Å². The molecule has 0 bridgehead atoms. The fraction of sp³-hybridized carbons (Fsp3) is 0. The number of rotatable bonds is 3. The van der Waals surface area contributed by atoms with Gasteiger partial charge in [0.05, 0.1) is 27.9 Å². The number of fused-ring (bicyclic) bond motifs is 10. The second-order valence-corrected chi connectivity index (χ2v) is 12.9. The summed E-state index contributed by atoms with van der Waals surface area (Å²) < 4.78 is 9.29. The van der Waals surface area contributed by atoms with Gasteiger partial charge >= 0.3 is 0 Å². The van der Waals surface area contributed by atoms with E-state index in [1.807, 2.05) is 6.07 Å². The number of furan rings is 1. The van der Waals surface area contributed by atoms with E-state index in [1.54, 1.807) is 0 Å². The predicted molar refractivity (Wildman–Crippen MR) is 207 cm³/mol. The topological polar surface area (TPSA) is 43.9 Å². The highest BCUT2D eigenvalue weighted by molar-refractivity contribution is 6.20. The first kappa shape index (κ1) is 27.2. The van der Waals surface area contributed by atoms with Crippen LogP contribution in [-0.2, 0) is 0 Å². The Bertz CT molecular complexity index is 3110. The summed E-state index contributed by atoms with van der Waals surface area (Å²) in [6, 6.07) is 57.7. The Morgan fingerprint density at radius 2 is 1.04 bits per heavy atom. The van der Waals surface area contributed by atoms with Crippen LogP contribution in [0.3, 0.4) is 0 Å². The first-order valence-electron chi connectivity index (χ1n) is 16.9. The first-order valence-corrected chi connectivity index (χ1v) is 16.9. The van der Waals surface area contributed by atoms with E-state index in [2.05, 4.69) is 162 Å². The molecule has 4 nitrogen and oxygen atoms in total. The van der Waals surface area contributed by atoms with E-state index in [1.165, 1.54) is 21.5 Å². The van der Waals surface area contributed by atoms with Crippen molar-refractivity contribution in [1.29, 1.82) is 0 Å². The third kappa shape index (κ3) is 3.87. The van der Waals surface area contributed by atoms with Crippen molar-refractivity contribution in [3.8, 4) is 28.3 Å². The molecule has 3 heterocycles. The number of hydrogen-bond donors (Lipinski definition) is 0. The first-order chi connectivity index (χ1) is 24.8. The van der Waals surface area contributed by atoms with Crippen molar-refractivity contribution in [3.05, 3.63) is 164 Å². The maximum Gasteiger partial charge on any atom is 0.161 e. The van der Waals surface area contributed by atoms with Crippen LogP contribution in [0, 0.1) is 0 Å². The third-order valence-electron chi connectivity index (χ3n) is 10.2. The van der Waals surface area contributed by atoms with Crippen LogP contribution in [0.5, 0.6) is 0 Å². The molecule has 0 N–H and O–H groups in total. The van der Waals surface area contributed by atoms with Gasteiger partial charge in [-0.15, -0.1) is 0 Å². The van der Waals surface area contributed by atoms with Crippen LogP contribution in [0.1, 0.15) is 0 Å². The van der Waals surface area contributed by atoms with Crippen LogP contribution in [0.2, 0.25) is 0 Å². The molecule has 4 heteroatoms. The summed E-state index contributed by atoms with van der Waals surface area (Å²) in [5, 5.41) is 10.1. The van der Waals surface area contributed by atoms with E-state index in [0.29, 0.717) is 5.82 Å². The Balaban J connectivity index is 1.20. The van der Waals surface area contributed by atoms with E-state index in [4.69, 9.17) is 14.4 Å². The molecule has 0 aliphatic rings. The van der Waals surface area contributed by atoms with Crippen LogP contribution in [0.4, 0.5) is 0 Å². The lowest BCUT2D eigenvalue weighted by atomic mass is 9.98. The summed E-state index contributed by atoms with van der Waals surface area (Å²) >= 11 is 0. The largest absolute Gasteiger partial charge is 0.453 e. The van der Waals surface area contributed by atoms with Crippen molar-refractivity contribution in [2.75, 3.05) is 0 Å². The molecule has 0 aliphatic carbocycles. The number of hydrogen-bond acceptors (Lipinski definition) is 3. The molecule has 3 aromatic heterocycles. The number of aromatic nitrogens is 3. The van der Waals surface area contributed by atoms with Crippen molar-refractivity contribution < 1.29 is 4.42 Å². The van der Waals surface area contributed by atoms with Gasteiger partial charge in [-0.05, 0) is 52.6 Å². The van der Waals surface area contributed by atoms with E-state index < -0.39 is 0 Å². The van der Waals surface area contributed by atoms with Gasteiger partial charge in [-0.1, -0.05) is 127 Å². The van der Waals surface area contributed by atoms with E-state index in [-0.39, 0.29) is 0 Å². The average Bonchev–Trinajstić information content (AvgIpc) is 3.73. The van der Waals surface area contributed by atoms with Crippen LogP contribution >= 0.6 is 0 Å². The van der Waals surface area contributed by atoms with Gasteiger partial charge in [0.1, 0.15) is 5.58 Å². The van der Waals surface area contributed by atoms with Crippen molar-refractivity contribution in [2.45, 2.75) is 0 Å². The summed E-state index contributed by atoms with van der Waals surface area (Å²) in [6.07, 6.45) is 0. The van der Waals surface area contributed by atoms with Crippen molar-refractivity contribution in [2.24, 2.45) is 0 Å². The molecule has 0 radical (unpaired) electrons. The SMILES string of the molecule is c1ccc2cc(-c3nc(-c4cc5c6cccc(-n7c8ccccc8c8ccccc87)c6oc5c5ccccc45)nc4ccccc34)ccc2c1. The molecule has 0 unspecified atom stereocenters. The highest BCUT2D eigenvalue weighted by atomic mass is 16.3. The van der Waals surface area contributed by atoms with E-state index >= 15 is 0 Å². The summed E-state index contributed by atoms with van der Waals surface area (Å²) in [5.41, 5.74) is 8.92. The fourth-order valence-electron chi connectivity index (χ4n) is 7.90. The van der Waals surface area contributed by atoms with Gasteiger partial charge < -0.3 is 8.98 Å². The lowest BCUT2D eigenvalue weighted by molar-refractivity contribution is 0.670. The van der Waals surface area contributed by atoms with Gasteiger partial charge in [-0.2, -0.15) is 0 Å². The predicted octanol–water partition coefficient (Wildman–Crippen LogP) is 12.3. The molecule has 0 amide bonds. The standard InChI is InChI=1S/C46H27N3O/c1-2-13-29-26-30(25-24-28(29)12-1)43-36-18-5-8-20-39(36)47-46(48-43)38-27-37-35-19-11-23-42(45(35)50-44(37)34-17-4-3-14-31(34)38)49-40-21-9-6-15-32(40)33-16-7-10-22-41(33)49/h1-27H. The van der Waals surface area contributed by atoms with Crippen LogP contribution in [0.25, 0.3) is 105 Å². The molecule has 0 atom stereocenters. The van der Waals surface area contributed by atoms with Crippen molar-refractivity contribution in [3.63, 3.8) is 0 Å². The van der Waals surface area contributed by atoms with Gasteiger partial charge in [-0.3, -0.25) is 0 Å². The molecular weight excluding hydrogens is 611 g/mol. The van der Waals surface area contributed by atoms with Crippen molar-refractivity contribution in [1.82, 2.24) is 14.5 Å². The molecule has 11 aromatic rings. The zero-order valence-corrected chi connectivity index (χ0v) is 26.8. The smallest absolute Gasteiger partial charge is 0.161 e. The van der Waals surface area contributed by atoms with Gasteiger partial charge in [-0.25, -0.2) is 9.97 Å². The molecule has 11 rings (SSSR count). The number of nitrogens with zero attached hydrogens (tertiary/aromatic N) is 3. The minimum Gasteiger partial charge on any atom is -0.453 e. The Morgan fingerprint density at radius 1 is 0.420 bits per heavy atom. The van der Waals surface area contributed by atoms with Crippen molar-refractivity contribution >= 4 is 76.2 Å². The average molecular weight is 638 g/mol. The van der Waals surface area contributed by atoms with Gasteiger partial charge in [0.25, 0.3) is 0 Å². The summed E-state index contributed by atoms with van der Waals surface area (Å²) in [6.45, 7) is 0. The second-order valence-electron chi connectivity index (χ2n) is 12.9. The molecular formula is C46H27N3O. The monoisotopic (exact) mass is 637 g/mol. The molecule has 0 aliphatic heterocycles.